The van der Waals surface area contributed by atoms with Crippen molar-refractivity contribution in [3.63, 3.8) is 0 Å². The minimum absolute atomic E-state index is 0.225. The van der Waals surface area contributed by atoms with Crippen LogP contribution >= 0.6 is 15.9 Å². The summed E-state index contributed by atoms with van der Waals surface area (Å²) in [6.07, 6.45) is 1.50. The third-order valence-corrected chi connectivity index (χ3v) is 3.86. The van der Waals surface area contributed by atoms with Crippen LogP contribution in [0.1, 0.15) is 22.7 Å². The number of hydrogen-bond acceptors (Lipinski definition) is 2. The van der Waals surface area contributed by atoms with Crippen LogP contribution in [0.5, 0.6) is 0 Å². The number of nitrogens with one attached hydrogen (secondary N) is 1. The van der Waals surface area contributed by atoms with E-state index < -0.39 is 11.2 Å². The molecule has 0 aliphatic carbocycles. The van der Waals surface area contributed by atoms with Gasteiger partial charge in [-0.15, -0.1) is 0 Å². The molecule has 0 unspecified atom stereocenters. The summed E-state index contributed by atoms with van der Waals surface area (Å²) >= 11 is 2.99. The lowest BCUT2D eigenvalue weighted by molar-refractivity contribution is 0.625. The van der Waals surface area contributed by atoms with Crippen LogP contribution in [0.2, 0.25) is 0 Å². The van der Waals surface area contributed by atoms with Crippen LogP contribution in [0.15, 0.2) is 76.4 Å². The molecule has 0 saturated heterocycles. The van der Waals surface area contributed by atoms with Crippen LogP contribution < -0.4 is 11.2 Å². The van der Waals surface area contributed by atoms with Crippen LogP contribution in [-0.2, 0) is 0 Å². The number of rotatable bonds is 3. The zero-order chi connectivity index (χ0) is 16.9. The summed E-state index contributed by atoms with van der Waals surface area (Å²) < 4.78 is 1.50. The third kappa shape index (κ3) is 3.24. The minimum atomic E-state index is -0.497. The van der Waals surface area contributed by atoms with Crippen molar-refractivity contribution in [2.75, 3.05) is 0 Å². The highest BCUT2D eigenvalue weighted by atomic mass is 79.9. The molecule has 118 valence electrons. The van der Waals surface area contributed by atoms with E-state index in [4.69, 9.17) is 0 Å². The number of halogens is 1. The molecule has 0 amide bonds. The molecule has 2 aromatic carbocycles. The van der Waals surface area contributed by atoms with E-state index in [0.29, 0.717) is 0 Å². The summed E-state index contributed by atoms with van der Waals surface area (Å²) in [6.45, 7) is 0. The molecule has 24 heavy (non-hydrogen) atoms. The van der Waals surface area contributed by atoms with Gasteiger partial charge in [-0.2, -0.15) is 0 Å². The van der Waals surface area contributed by atoms with Crippen LogP contribution in [-0.4, -0.2) is 9.55 Å². The van der Waals surface area contributed by atoms with E-state index in [0.717, 1.165) is 11.1 Å². The molecular formula is C19H13BrN2O2. The number of H-pyrrole nitrogens is 1. The second-order valence-corrected chi connectivity index (χ2v) is 5.55. The van der Waals surface area contributed by atoms with Gasteiger partial charge in [0.2, 0.25) is 0 Å². The predicted molar refractivity (Wildman–Crippen MR) is 97.3 cm³/mol. The Labute approximate surface area is 146 Å². The monoisotopic (exact) mass is 380 g/mol. The summed E-state index contributed by atoms with van der Waals surface area (Å²) in [7, 11) is 0. The fraction of sp³-hybridized carbons (Fsp3) is 0.0526. The maximum absolute atomic E-state index is 12.4. The lowest BCUT2D eigenvalue weighted by atomic mass is 9.98. The van der Waals surface area contributed by atoms with Crippen LogP contribution in [0, 0.1) is 10.8 Å². The summed E-state index contributed by atoms with van der Waals surface area (Å²) in [5.74, 6) is 2.66. The van der Waals surface area contributed by atoms with Gasteiger partial charge in [-0.25, -0.2) is 4.79 Å². The molecule has 4 nitrogen and oxygen atoms in total. The average molecular weight is 381 g/mol. The Kier molecular flexibility index (Phi) is 4.78. The average Bonchev–Trinajstić information content (AvgIpc) is 2.61. The van der Waals surface area contributed by atoms with Crippen molar-refractivity contribution in [3.8, 4) is 10.8 Å². The summed E-state index contributed by atoms with van der Waals surface area (Å²) in [5, 5.41) is 0. The maximum atomic E-state index is 12.4. The first kappa shape index (κ1) is 16.0. The molecule has 3 aromatic rings. The van der Waals surface area contributed by atoms with Gasteiger partial charge >= 0.3 is 5.69 Å². The van der Waals surface area contributed by atoms with E-state index >= 15 is 0 Å². The fourth-order valence-electron chi connectivity index (χ4n) is 2.60. The molecule has 1 heterocycles. The van der Waals surface area contributed by atoms with Gasteiger partial charge in [0.15, 0.2) is 0 Å². The molecule has 0 spiro atoms. The zero-order valence-corrected chi connectivity index (χ0v) is 14.2. The van der Waals surface area contributed by atoms with E-state index in [-0.39, 0.29) is 11.6 Å². The molecule has 1 N–H and O–H groups in total. The Morgan fingerprint density at radius 2 is 1.46 bits per heavy atom. The molecule has 0 aliphatic rings. The lowest BCUT2D eigenvalue weighted by Gasteiger charge is -2.20. The normalized spacial score (nSPS) is 10.2. The minimum Gasteiger partial charge on any atom is -0.288 e. The Bertz CT molecular complexity index is 973. The van der Waals surface area contributed by atoms with E-state index in [1.165, 1.54) is 10.8 Å². The topological polar surface area (TPSA) is 54.9 Å². The van der Waals surface area contributed by atoms with Gasteiger partial charge in [0.05, 0.1) is 6.04 Å². The van der Waals surface area contributed by atoms with Gasteiger partial charge in [-0.3, -0.25) is 14.3 Å². The molecule has 0 aliphatic heterocycles. The van der Waals surface area contributed by atoms with Gasteiger partial charge in [-0.05, 0) is 21.9 Å². The van der Waals surface area contributed by atoms with Gasteiger partial charge in [0, 0.05) is 22.1 Å². The number of nitrogens with zero attached hydrogens (tertiary/aromatic N) is 1. The van der Waals surface area contributed by atoms with Gasteiger partial charge in [0.1, 0.15) is 5.56 Å². The van der Waals surface area contributed by atoms with Crippen molar-refractivity contribution >= 4 is 15.9 Å². The van der Waals surface area contributed by atoms with E-state index in [1.807, 2.05) is 60.7 Å². The molecule has 1 aromatic heterocycles. The Morgan fingerprint density at radius 3 is 1.96 bits per heavy atom. The summed E-state index contributed by atoms with van der Waals surface area (Å²) in [5.41, 5.74) is 1.13. The predicted octanol–water partition coefficient (Wildman–Crippen LogP) is 2.88. The van der Waals surface area contributed by atoms with E-state index in [1.54, 1.807) is 0 Å². The number of aromatic nitrogens is 2. The molecule has 0 radical (unpaired) electrons. The first-order valence-electron chi connectivity index (χ1n) is 7.27. The van der Waals surface area contributed by atoms with Crippen molar-refractivity contribution in [3.05, 3.63) is 104 Å². The molecular weight excluding hydrogens is 368 g/mol. The lowest BCUT2D eigenvalue weighted by Crippen LogP contribution is -2.34. The molecule has 5 heteroatoms. The highest BCUT2D eigenvalue weighted by molar-refractivity contribution is 9.12. The van der Waals surface area contributed by atoms with Crippen LogP contribution in [0.25, 0.3) is 0 Å². The molecule has 0 bridgehead atoms. The molecule has 0 atom stereocenters. The number of hydrogen-bond donors (Lipinski definition) is 1. The number of benzene rings is 2. The SMILES string of the molecule is O=c1[nH]c(=O)n(C(c2ccccc2)c2ccccc2)cc1C#CBr. The largest absolute Gasteiger partial charge is 0.329 e. The quantitative estimate of drug-likeness (QED) is 0.710. The van der Waals surface area contributed by atoms with Crippen molar-refractivity contribution in [2.24, 2.45) is 0 Å². The van der Waals surface area contributed by atoms with Crippen molar-refractivity contribution in [1.29, 1.82) is 0 Å². The molecule has 3 rings (SSSR count). The highest BCUT2D eigenvalue weighted by Gasteiger charge is 2.18. The Balaban J connectivity index is 2.27. The van der Waals surface area contributed by atoms with Crippen LogP contribution in [0.4, 0.5) is 0 Å². The second-order valence-electron chi connectivity index (χ2n) is 5.15. The second kappa shape index (κ2) is 7.16. The maximum Gasteiger partial charge on any atom is 0.329 e. The van der Waals surface area contributed by atoms with Gasteiger partial charge in [0.25, 0.3) is 5.56 Å². The Morgan fingerprint density at radius 1 is 0.917 bits per heavy atom. The summed E-state index contributed by atoms with van der Waals surface area (Å²) in [6, 6.07) is 19.0. The standard InChI is InChI=1S/C19H13BrN2O2/c20-12-11-16-13-22(19(24)21-18(16)23)17(14-7-3-1-4-8-14)15-9-5-2-6-10-15/h1-10,13,17H,(H,21,23,24). The number of aromatic amines is 1. The first-order chi connectivity index (χ1) is 11.7. The fourth-order valence-corrected chi connectivity index (χ4v) is 2.81. The molecule has 0 saturated carbocycles. The zero-order valence-electron chi connectivity index (χ0n) is 12.6. The summed E-state index contributed by atoms with van der Waals surface area (Å²) in [4.78, 5) is 29.2. The van der Waals surface area contributed by atoms with Crippen molar-refractivity contribution in [2.45, 2.75) is 6.04 Å². The smallest absolute Gasteiger partial charge is 0.288 e. The van der Waals surface area contributed by atoms with Crippen molar-refractivity contribution < 1.29 is 0 Å². The Hall–Kier alpha value is -2.84. The van der Waals surface area contributed by atoms with E-state index in [2.05, 4.69) is 31.7 Å². The van der Waals surface area contributed by atoms with Crippen molar-refractivity contribution in [1.82, 2.24) is 9.55 Å². The van der Waals surface area contributed by atoms with Crippen LogP contribution in [0.3, 0.4) is 0 Å². The first-order valence-corrected chi connectivity index (χ1v) is 8.07. The third-order valence-electron chi connectivity index (χ3n) is 3.66. The van der Waals surface area contributed by atoms with Gasteiger partial charge in [-0.1, -0.05) is 60.7 Å². The highest BCUT2D eigenvalue weighted by Crippen LogP contribution is 2.24. The molecule has 0 fully saturated rings. The van der Waals surface area contributed by atoms with Gasteiger partial charge < -0.3 is 0 Å². The van der Waals surface area contributed by atoms with E-state index in [9.17, 15) is 9.59 Å².